The van der Waals surface area contributed by atoms with Crippen LogP contribution >= 0.6 is 23.5 Å². The van der Waals surface area contributed by atoms with Crippen LogP contribution in [0.25, 0.3) is 6.08 Å². The SMILES string of the molecule is O=C(O)CCCCCC[C@@H]1[C@H](CCSCC=Cc2ccccc2)[C@@H]2CC[C@H]1S2. The molecule has 2 heterocycles. The molecule has 0 saturated carbocycles. The molecule has 2 nitrogen and oxygen atoms in total. The first-order chi connectivity index (χ1) is 13.7. The fraction of sp³-hybridized carbons (Fsp3) is 0.625. The minimum Gasteiger partial charge on any atom is -0.481 e. The highest BCUT2D eigenvalue weighted by Crippen LogP contribution is 2.55. The number of rotatable bonds is 13. The van der Waals surface area contributed by atoms with Crippen LogP contribution in [0.1, 0.15) is 63.4 Å². The van der Waals surface area contributed by atoms with Crippen LogP contribution in [0, 0.1) is 11.8 Å². The summed E-state index contributed by atoms with van der Waals surface area (Å²) in [4.78, 5) is 10.6. The lowest BCUT2D eigenvalue weighted by molar-refractivity contribution is -0.137. The Morgan fingerprint density at radius 2 is 1.75 bits per heavy atom. The topological polar surface area (TPSA) is 37.3 Å². The van der Waals surface area contributed by atoms with Gasteiger partial charge in [0.1, 0.15) is 0 Å². The second-order valence-corrected chi connectivity index (χ2v) is 10.8. The van der Waals surface area contributed by atoms with Crippen LogP contribution in [0.2, 0.25) is 0 Å². The van der Waals surface area contributed by atoms with Crippen molar-refractivity contribution in [1.29, 1.82) is 0 Å². The van der Waals surface area contributed by atoms with E-state index in [1.807, 2.05) is 0 Å². The third-order valence-corrected chi connectivity index (χ3v) is 9.01. The highest BCUT2D eigenvalue weighted by atomic mass is 32.2. The number of carboxylic acid groups (broad SMARTS) is 1. The van der Waals surface area contributed by atoms with Gasteiger partial charge in [0.2, 0.25) is 0 Å². The quantitative estimate of drug-likeness (QED) is 0.359. The summed E-state index contributed by atoms with van der Waals surface area (Å²) in [6, 6.07) is 10.5. The molecular weight excluding hydrogens is 384 g/mol. The van der Waals surface area contributed by atoms with E-state index in [1.165, 1.54) is 49.8 Å². The first kappa shape index (κ1) is 21.8. The molecule has 4 atom stereocenters. The molecule has 2 aliphatic heterocycles. The summed E-state index contributed by atoms with van der Waals surface area (Å²) in [7, 11) is 0. The minimum absolute atomic E-state index is 0.336. The van der Waals surface area contributed by atoms with Gasteiger partial charge >= 0.3 is 5.97 Å². The Bertz CT molecular complexity index is 616. The average molecular weight is 419 g/mol. The van der Waals surface area contributed by atoms with Crippen molar-refractivity contribution < 1.29 is 9.90 Å². The summed E-state index contributed by atoms with van der Waals surface area (Å²) in [5, 5.41) is 10.6. The van der Waals surface area contributed by atoms with Crippen LogP contribution in [0.15, 0.2) is 36.4 Å². The van der Waals surface area contributed by atoms with Crippen LogP contribution in [0.4, 0.5) is 0 Å². The molecule has 1 N–H and O–H groups in total. The summed E-state index contributed by atoms with van der Waals surface area (Å²) in [5.74, 6) is 3.58. The van der Waals surface area contributed by atoms with E-state index < -0.39 is 5.97 Å². The Labute approximate surface area is 179 Å². The highest BCUT2D eigenvalue weighted by Gasteiger charge is 2.47. The maximum absolute atomic E-state index is 10.6. The van der Waals surface area contributed by atoms with Crippen molar-refractivity contribution in [2.75, 3.05) is 11.5 Å². The molecule has 2 fully saturated rings. The number of fused-ring (bicyclic) bond motifs is 2. The van der Waals surface area contributed by atoms with Gasteiger partial charge in [-0.3, -0.25) is 4.79 Å². The van der Waals surface area contributed by atoms with Gasteiger partial charge in [-0.05, 0) is 55.3 Å². The van der Waals surface area contributed by atoms with Crippen LogP contribution in [-0.2, 0) is 4.79 Å². The fourth-order valence-electron chi connectivity index (χ4n) is 4.80. The van der Waals surface area contributed by atoms with Crippen molar-refractivity contribution >= 4 is 35.6 Å². The molecule has 0 amide bonds. The smallest absolute Gasteiger partial charge is 0.303 e. The Hall–Kier alpha value is -0.870. The van der Waals surface area contributed by atoms with Crippen molar-refractivity contribution in [1.82, 2.24) is 0 Å². The van der Waals surface area contributed by atoms with Crippen LogP contribution in [-0.4, -0.2) is 33.1 Å². The van der Waals surface area contributed by atoms with E-state index >= 15 is 0 Å². The summed E-state index contributed by atoms with van der Waals surface area (Å²) < 4.78 is 0. The van der Waals surface area contributed by atoms with Gasteiger partial charge in [-0.25, -0.2) is 0 Å². The van der Waals surface area contributed by atoms with Gasteiger partial charge in [-0.2, -0.15) is 23.5 Å². The van der Waals surface area contributed by atoms with Gasteiger partial charge in [0, 0.05) is 22.7 Å². The standard InChI is InChI=1S/C24H34O2S2/c25-24(26)13-7-2-1-6-12-20-21(23-15-14-22(20)28-23)16-18-27-17-8-11-19-9-4-3-5-10-19/h3-5,8-11,20-23H,1-2,6-7,12-18H2,(H,25,26)/t20-,21+,22-,23+/m1/s1. The van der Waals surface area contributed by atoms with E-state index in [0.29, 0.717) is 6.42 Å². The monoisotopic (exact) mass is 418 g/mol. The zero-order valence-corrected chi connectivity index (χ0v) is 18.4. The zero-order valence-electron chi connectivity index (χ0n) is 16.8. The van der Waals surface area contributed by atoms with E-state index in [9.17, 15) is 4.79 Å². The Kier molecular flexibility index (Phi) is 9.33. The second kappa shape index (κ2) is 12.0. The second-order valence-electron chi connectivity index (χ2n) is 8.14. The normalized spacial score (nSPS) is 26.3. The third kappa shape index (κ3) is 6.88. The molecule has 1 aromatic rings. The number of carboxylic acids is 1. The van der Waals surface area contributed by atoms with Gasteiger partial charge in [0.15, 0.2) is 0 Å². The highest BCUT2D eigenvalue weighted by molar-refractivity contribution is 8.01. The molecule has 2 aliphatic rings. The van der Waals surface area contributed by atoms with Crippen molar-refractivity contribution in [3.8, 4) is 0 Å². The van der Waals surface area contributed by atoms with E-state index in [4.69, 9.17) is 5.11 Å². The molecule has 4 heteroatoms. The first-order valence-corrected chi connectivity index (χ1v) is 13.0. The Morgan fingerprint density at radius 3 is 2.50 bits per heavy atom. The predicted octanol–water partition coefficient (Wildman–Crippen LogP) is 6.76. The lowest BCUT2D eigenvalue weighted by Gasteiger charge is -2.30. The molecule has 2 saturated heterocycles. The van der Waals surface area contributed by atoms with Gasteiger partial charge in [0.25, 0.3) is 0 Å². The lowest BCUT2D eigenvalue weighted by Crippen LogP contribution is -2.27. The largest absolute Gasteiger partial charge is 0.481 e. The number of thioether (sulfide) groups is 2. The molecule has 0 unspecified atom stereocenters. The predicted molar refractivity (Wildman–Crippen MR) is 124 cm³/mol. The molecular formula is C24H34O2S2. The minimum atomic E-state index is -0.652. The van der Waals surface area contributed by atoms with Crippen LogP contribution in [0.5, 0.6) is 0 Å². The molecule has 3 rings (SSSR count). The molecule has 1 aromatic carbocycles. The summed E-state index contributed by atoms with van der Waals surface area (Å²) >= 11 is 4.36. The number of carbonyl (C=O) groups is 1. The first-order valence-electron chi connectivity index (χ1n) is 10.9. The number of hydrogen-bond donors (Lipinski definition) is 1. The van der Waals surface area contributed by atoms with Crippen molar-refractivity contribution in [2.45, 2.75) is 68.3 Å². The third-order valence-electron chi connectivity index (χ3n) is 6.19. The molecule has 0 radical (unpaired) electrons. The van der Waals surface area contributed by atoms with Gasteiger partial charge in [-0.1, -0.05) is 61.7 Å². The van der Waals surface area contributed by atoms with E-state index in [-0.39, 0.29) is 0 Å². The number of aliphatic carboxylic acids is 1. The van der Waals surface area contributed by atoms with Crippen molar-refractivity contribution in [2.24, 2.45) is 11.8 Å². The van der Waals surface area contributed by atoms with E-state index in [2.05, 4.69) is 66.0 Å². The average Bonchev–Trinajstić information content (AvgIpc) is 3.30. The Balaban J connectivity index is 1.31. The maximum atomic E-state index is 10.6. The van der Waals surface area contributed by atoms with Crippen molar-refractivity contribution in [3.05, 3.63) is 42.0 Å². The summed E-state index contributed by atoms with van der Waals surface area (Å²) in [6.07, 6.45) is 14.9. The molecule has 154 valence electrons. The molecule has 2 bridgehead atoms. The number of hydrogen-bond acceptors (Lipinski definition) is 3. The fourth-order valence-corrected chi connectivity index (χ4v) is 7.71. The molecule has 0 spiro atoms. The maximum Gasteiger partial charge on any atom is 0.303 e. The summed E-state index contributed by atoms with van der Waals surface area (Å²) in [6.45, 7) is 0. The van der Waals surface area contributed by atoms with E-state index in [1.54, 1.807) is 0 Å². The van der Waals surface area contributed by atoms with Crippen LogP contribution < -0.4 is 0 Å². The van der Waals surface area contributed by atoms with E-state index in [0.717, 1.165) is 40.9 Å². The van der Waals surface area contributed by atoms with Gasteiger partial charge in [-0.15, -0.1) is 0 Å². The number of benzene rings is 1. The molecule has 0 aliphatic carbocycles. The number of unbranched alkanes of at least 4 members (excludes halogenated alkanes) is 3. The molecule has 28 heavy (non-hydrogen) atoms. The Morgan fingerprint density at radius 1 is 1.04 bits per heavy atom. The van der Waals surface area contributed by atoms with Crippen LogP contribution in [0.3, 0.4) is 0 Å². The zero-order chi connectivity index (χ0) is 19.6. The lowest BCUT2D eigenvalue weighted by atomic mass is 9.75. The van der Waals surface area contributed by atoms with Crippen molar-refractivity contribution in [3.63, 3.8) is 0 Å². The summed E-state index contributed by atoms with van der Waals surface area (Å²) in [5.41, 5.74) is 1.29. The van der Waals surface area contributed by atoms with Gasteiger partial charge < -0.3 is 5.11 Å². The van der Waals surface area contributed by atoms with Gasteiger partial charge in [0.05, 0.1) is 0 Å². The molecule has 0 aromatic heterocycles.